The van der Waals surface area contributed by atoms with E-state index < -0.39 is 25.0 Å². The van der Waals surface area contributed by atoms with Gasteiger partial charge >= 0.3 is 0 Å². The second-order valence-electron chi connectivity index (χ2n) is 14.3. The molecule has 192 valence electrons. The van der Waals surface area contributed by atoms with Gasteiger partial charge in [-0.25, -0.2) is 0 Å². The molecular weight excluding hydrogens is 457 g/mol. The van der Waals surface area contributed by atoms with Crippen molar-refractivity contribution in [1.29, 1.82) is 0 Å². The Labute approximate surface area is 209 Å². The number of hydrogen-bond donors (Lipinski definition) is 0. The summed E-state index contributed by atoms with van der Waals surface area (Å²) in [6.07, 6.45) is 0. The summed E-state index contributed by atoms with van der Waals surface area (Å²) in [5, 5.41) is 0.596. The van der Waals surface area contributed by atoms with Crippen molar-refractivity contribution < 1.29 is 13.3 Å². The molecule has 0 fully saturated rings. The van der Waals surface area contributed by atoms with Gasteiger partial charge in [0, 0.05) is 0 Å². The summed E-state index contributed by atoms with van der Waals surface area (Å²) < 4.78 is 19.7. The van der Waals surface area contributed by atoms with E-state index in [2.05, 4.69) is 120 Å². The minimum atomic E-state index is -1.82. The first-order valence-electron chi connectivity index (χ1n) is 12.5. The van der Waals surface area contributed by atoms with Crippen LogP contribution in [0.2, 0.25) is 54.4 Å². The summed E-state index contributed by atoms with van der Waals surface area (Å²) in [7, 11) is -5.45. The summed E-state index contributed by atoms with van der Waals surface area (Å²) >= 11 is 0. The minimum Gasteiger partial charge on any atom is -0.413 e. The van der Waals surface area contributed by atoms with Crippen molar-refractivity contribution in [1.82, 2.24) is 0 Å². The molecule has 0 aliphatic heterocycles. The first-order valence-corrected chi connectivity index (χ1v) is 21.2. The van der Waals surface area contributed by atoms with Crippen LogP contribution in [0.1, 0.15) is 79.0 Å². The van der Waals surface area contributed by atoms with Gasteiger partial charge in [-0.3, -0.25) is 0 Å². The van der Waals surface area contributed by atoms with Crippen LogP contribution in [0, 0.1) is 0 Å². The summed E-state index contributed by atoms with van der Waals surface area (Å²) in [5.41, 5.74) is 3.68. The summed E-state index contributed by atoms with van der Waals surface area (Å²) in [4.78, 5) is 0. The van der Waals surface area contributed by atoms with Gasteiger partial charge in [0.15, 0.2) is 25.0 Å². The maximum atomic E-state index is 6.56. The molecule has 0 spiro atoms. The molecule has 0 unspecified atom stereocenters. The van der Waals surface area contributed by atoms with Gasteiger partial charge in [-0.15, -0.1) is 0 Å². The van der Waals surface area contributed by atoms with Crippen LogP contribution in [0.5, 0.6) is 0 Å². The van der Waals surface area contributed by atoms with Crippen molar-refractivity contribution in [3.8, 4) is 0 Å². The molecule has 1 aromatic rings. The van der Waals surface area contributed by atoms with Crippen LogP contribution < -0.4 is 0 Å². The minimum absolute atomic E-state index is 0.199. The monoisotopic (exact) mass is 510 g/mol. The normalized spacial score (nSPS) is 14.6. The molecule has 0 saturated carbocycles. The number of hydrogen-bond acceptors (Lipinski definition) is 3. The topological polar surface area (TPSA) is 27.7 Å². The van der Waals surface area contributed by atoms with Gasteiger partial charge in [-0.05, 0) is 71.1 Å². The van der Waals surface area contributed by atoms with Crippen LogP contribution >= 0.6 is 0 Å². The lowest BCUT2D eigenvalue weighted by Gasteiger charge is -2.37. The van der Waals surface area contributed by atoms with Gasteiger partial charge in [-0.1, -0.05) is 80.5 Å². The maximum absolute atomic E-state index is 6.56. The van der Waals surface area contributed by atoms with Crippen LogP contribution in [-0.2, 0) is 33.1 Å². The fraction of sp³-hybridized carbons (Fsp3) is 0.778. The Morgan fingerprint density at radius 2 is 0.636 bits per heavy atom. The molecule has 0 saturated heterocycles. The highest BCUT2D eigenvalue weighted by Crippen LogP contribution is 2.39. The Morgan fingerprint density at radius 3 is 0.788 bits per heavy atom. The van der Waals surface area contributed by atoms with E-state index in [4.69, 9.17) is 13.3 Å². The van der Waals surface area contributed by atoms with E-state index in [-0.39, 0.29) is 15.1 Å². The molecule has 0 N–H and O–H groups in total. The molecule has 0 radical (unpaired) electrons. The van der Waals surface area contributed by atoms with Gasteiger partial charge in [-0.2, -0.15) is 0 Å². The third-order valence-corrected chi connectivity index (χ3v) is 21.8. The smallest absolute Gasteiger partial charge is 0.192 e. The maximum Gasteiger partial charge on any atom is 0.192 e. The Balaban J connectivity index is 3.17. The molecule has 0 amide bonds. The van der Waals surface area contributed by atoms with E-state index in [0.717, 1.165) is 0 Å². The lowest BCUT2D eigenvalue weighted by Crippen LogP contribution is -2.41. The van der Waals surface area contributed by atoms with Gasteiger partial charge < -0.3 is 13.3 Å². The molecule has 0 atom stereocenters. The van der Waals surface area contributed by atoms with Gasteiger partial charge in [0.2, 0.25) is 0 Å². The molecule has 1 aromatic carbocycles. The fourth-order valence-electron chi connectivity index (χ4n) is 2.53. The number of benzene rings is 1. The van der Waals surface area contributed by atoms with Crippen LogP contribution in [0.4, 0.5) is 0 Å². The van der Waals surface area contributed by atoms with Crippen molar-refractivity contribution >= 4 is 25.0 Å². The second kappa shape index (κ2) is 10.4. The molecule has 1 rings (SSSR count). The number of rotatable bonds is 9. The molecule has 6 heteroatoms. The molecule has 0 aliphatic carbocycles. The van der Waals surface area contributed by atoms with E-state index in [0.29, 0.717) is 19.8 Å². The third kappa shape index (κ3) is 8.73. The van der Waals surface area contributed by atoms with Gasteiger partial charge in [0.1, 0.15) is 0 Å². The largest absolute Gasteiger partial charge is 0.413 e. The SMILES string of the molecule is CC(C)(C)[Si](C)(C)OCc1cc(CO[Si](C)(C)C(C)(C)C)cc(CO[Si](C)(C)C(C)(C)C)c1. The molecular formula is C27H54O3Si3. The Hall–Kier alpha value is -0.249. The molecule has 0 heterocycles. The highest BCUT2D eigenvalue weighted by molar-refractivity contribution is 6.74. The highest BCUT2D eigenvalue weighted by Gasteiger charge is 2.39. The summed E-state index contributed by atoms with van der Waals surface area (Å²) in [5.74, 6) is 0. The molecule has 0 aromatic heterocycles. The summed E-state index contributed by atoms with van der Waals surface area (Å²) in [6.45, 7) is 36.5. The van der Waals surface area contributed by atoms with E-state index in [1.807, 2.05) is 0 Å². The first kappa shape index (κ1) is 30.8. The van der Waals surface area contributed by atoms with Crippen LogP contribution in [0.25, 0.3) is 0 Å². The van der Waals surface area contributed by atoms with Crippen molar-refractivity contribution in [2.24, 2.45) is 0 Å². The zero-order chi connectivity index (χ0) is 26.1. The van der Waals surface area contributed by atoms with Gasteiger partial charge in [0.25, 0.3) is 0 Å². The van der Waals surface area contributed by atoms with Crippen LogP contribution in [0.15, 0.2) is 18.2 Å². The molecule has 0 bridgehead atoms. The standard InChI is InChI=1S/C27H54O3Si3/c1-25(2,3)31(10,11)28-19-22-16-23(20-29-32(12,13)26(4,5)6)18-24(17-22)21-30-33(14,15)27(7,8)9/h16-18H,19-21H2,1-15H3. The van der Waals surface area contributed by atoms with Gasteiger partial charge in [0.05, 0.1) is 19.8 Å². The Morgan fingerprint density at radius 1 is 0.455 bits per heavy atom. The summed E-state index contributed by atoms with van der Waals surface area (Å²) in [6, 6.07) is 6.82. The van der Waals surface area contributed by atoms with Crippen molar-refractivity contribution in [2.75, 3.05) is 0 Å². The van der Waals surface area contributed by atoms with E-state index in [1.54, 1.807) is 0 Å². The van der Waals surface area contributed by atoms with Crippen LogP contribution in [-0.4, -0.2) is 25.0 Å². The zero-order valence-corrected chi connectivity index (χ0v) is 27.6. The molecule has 0 aliphatic rings. The van der Waals surface area contributed by atoms with E-state index >= 15 is 0 Å². The molecule has 3 nitrogen and oxygen atoms in total. The van der Waals surface area contributed by atoms with Crippen molar-refractivity contribution in [3.63, 3.8) is 0 Å². The first-order chi connectivity index (χ1) is 14.5. The van der Waals surface area contributed by atoms with Crippen molar-refractivity contribution in [2.45, 2.75) is 137 Å². The second-order valence-corrected chi connectivity index (χ2v) is 28.7. The van der Waals surface area contributed by atoms with E-state index in [9.17, 15) is 0 Å². The Bertz CT molecular complexity index is 662. The third-order valence-electron chi connectivity index (χ3n) is 8.33. The van der Waals surface area contributed by atoms with Crippen LogP contribution in [0.3, 0.4) is 0 Å². The zero-order valence-electron chi connectivity index (χ0n) is 24.6. The average molecular weight is 511 g/mol. The lowest BCUT2D eigenvalue weighted by molar-refractivity contribution is 0.265. The average Bonchev–Trinajstić information content (AvgIpc) is 2.60. The quantitative estimate of drug-likeness (QED) is 0.310. The predicted molar refractivity (Wildman–Crippen MR) is 152 cm³/mol. The Kier molecular flexibility index (Phi) is 9.69. The lowest BCUT2D eigenvalue weighted by atomic mass is 10.1. The molecule has 33 heavy (non-hydrogen) atoms. The fourth-order valence-corrected chi connectivity index (χ4v) is 5.41. The predicted octanol–water partition coefficient (Wildman–Crippen LogP) is 9.25. The van der Waals surface area contributed by atoms with E-state index in [1.165, 1.54) is 16.7 Å². The highest BCUT2D eigenvalue weighted by atomic mass is 28.4. The van der Waals surface area contributed by atoms with Crippen molar-refractivity contribution in [3.05, 3.63) is 34.9 Å².